The minimum Gasteiger partial charge on any atom is -0.256 e. The summed E-state index contributed by atoms with van der Waals surface area (Å²) in [5.74, 6) is 0. The molecule has 0 bridgehead atoms. The molecule has 1 nitrogen and oxygen atoms in total. The lowest BCUT2D eigenvalue weighted by atomic mass is 9.93. The fourth-order valence-corrected chi connectivity index (χ4v) is 4.36. The Bertz CT molecular complexity index is 1390. The average Bonchev–Trinajstić information content (AvgIpc) is 3.09. The van der Waals surface area contributed by atoms with Gasteiger partial charge in [-0.25, -0.2) is 0 Å². The van der Waals surface area contributed by atoms with Gasteiger partial charge in [0.2, 0.25) is 0 Å². The van der Waals surface area contributed by atoms with Gasteiger partial charge in [-0.3, -0.25) is 4.98 Å². The molecule has 6 rings (SSSR count). The minimum absolute atomic E-state index is 1.08. The molecule has 0 saturated carbocycles. The molecular weight excluding hydrogens is 314 g/mol. The Kier molecular flexibility index (Phi) is 2.67. The summed E-state index contributed by atoms with van der Waals surface area (Å²) in [5, 5.41) is 8.87. The quantitative estimate of drug-likeness (QED) is 0.279. The molecule has 0 N–H and O–H groups in total. The molecule has 1 heterocycles. The van der Waals surface area contributed by atoms with E-state index in [1.165, 1.54) is 48.8 Å². The molecule has 0 atom stereocenters. The van der Waals surface area contributed by atoms with Crippen LogP contribution in [0.5, 0.6) is 0 Å². The summed E-state index contributed by atoms with van der Waals surface area (Å²) in [4.78, 5) is 4.73. The highest BCUT2D eigenvalue weighted by atomic mass is 14.6. The summed E-state index contributed by atoms with van der Waals surface area (Å²) < 4.78 is 0. The van der Waals surface area contributed by atoms with Crippen molar-refractivity contribution in [2.75, 3.05) is 0 Å². The van der Waals surface area contributed by atoms with Crippen LogP contribution < -0.4 is 0 Å². The second-order valence-corrected chi connectivity index (χ2v) is 6.82. The molecule has 2 aliphatic carbocycles. The maximum absolute atomic E-state index is 4.73. The van der Waals surface area contributed by atoms with Crippen LogP contribution in [0.4, 0.5) is 0 Å². The first kappa shape index (κ1) is 13.8. The average molecular weight is 329 g/mol. The highest BCUT2D eigenvalue weighted by Gasteiger charge is 2.13. The van der Waals surface area contributed by atoms with E-state index in [-0.39, 0.29) is 0 Å². The van der Waals surface area contributed by atoms with E-state index in [9.17, 15) is 0 Å². The number of fused-ring (bicyclic) bond motifs is 10. The molecule has 0 amide bonds. The largest absolute Gasteiger partial charge is 0.256 e. The molecule has 0 spiro atoms. The summed E-state index contributed by atoms with van der Waals surface area (Å²) >= 11 is 0. The lowest BCUT2D eigenvalue weighted by Crippen LogP contribution is -1.86. The van der Waals surface area contributed by atoms with Gasteiger partial charge in [0.1, 0.15) is 0 Å². The van der Waals surface area contributed by atoms with Crippen LogP contribution in [0.1, 0.15) is 0 Å². The maximum atomic E-state index is 4.73. The van der Waals surface area contributed by atoms with E-state index in [4.69, 9.17) is 4.98 Å². The summed E-state index contributed by atoms with van der Waals surface area (Å²) in [5.41, 5.74) is 3.66. The Balaban J connectivity index is 2.00. The van der Waals surface area contributed by atoms with Gasteiger partial charge in [0.15, 0.2) is 0 Å². The van der Waals surface area contributed by atoms with E-state index in [0.717, 1.165) is 5.52 Å². The Labute approximate surface area is 150 Å². The molecular formula is C25H15N. The van der Waals surface area contributed by atoms with Crippen molar-refractivity contribution in [1.82, 2.24) is 4.98 Å². The number of rotatable bonds is 0. The number of nitrogens with zero attached hydrogens (tertiary/aromatic N) is 1. The fourth-order valence-electron chi connectivity index (χ4n) is 4.36. The first-order valence-corrected chi connectivity index (χ1v) is 8.91. The van der Waals surface area contributed by atoms with E-state index in [0.29, 0.717) is 0 Å². The summed E-state index contributed by atoms with van der Waals surface area (Å²) in [6.45, 7) is 0. The lowest BCUT2D eigenvalue weighted by molar-refractivity contribution is 1.43. The third-order valence-electron chi connectivity index (χ3n) is 5.47. The topological polar surface area (TPSA) is 12.9 Å². The number of aromatic nitrogens is 1. The third-order valence-corrected chi connectivity index (χ3v) is 5.47. The standard InChI is InChI=1S/C25H15N/c1-2-9-20-18(8-1)22-12-5-15-26-25(22)23-14-13-19-17-10-3-6-16(17)7-4-11-21(19)24(20)23/h1-15H. The zero-order valence-electron chi connectivity index (χ0n) is 14.1. The van der Waals surface area contributed by atoms with Gasteiger partial charge in [-0.05, 0) is 44.1 Å². The first-order valence-electron chi connectivity index (χ1n) is 8.91. The van der Waals surface area contributed by atoms with E-state index < -0.39 is 0 Å². The molecule has 0 saturated heterocycles. The van der Waals surface area contributed by atoms with Gasteiger partial charge in [-0.15, -0.1) is 0 Å². The zero-order chi connectivity index (χ0) is 17.1. The van der Waals surface area contributed by atoms with Crippen molar-refractivity contribution in [3.05, 3.63) is 91.1 Å². The van der Waals surface area contributed by atoms with Gasteiger partial charge in [0, 0.05) is 17.0 Å². The number of hydrogen-bond acceptors (Lipinski definition) is 1. The number of benzene rings is 3. The Morgan fingerprint density at radius 3 is 2.08 bits per heavy atom. The van der Waals surface area contributed by atoms with Crippen molar-refractivity contribution >= 4 is 43.2 Å². The molecule has 1 heteroatoms. The van der Waals surface area contributed by atoms with Crippen molar-refractivity contribution in [1.29, 1.82) is 0 Å². The van der Waals surface area contributed by atoms with Crippen molar-refractivity contribution in [3.63, 3.8) is 0 Å². The van der Waals surface area contributed by atoms with E-state index in [1.807, 2.05) is 12.3 Å². The van der Waals surface area contributed by atoms with Crippen LogP contribution in [0, 0.1) is 0 Å². The van der Waals surface area contributed by atoms with Crippen molar-refractivity contribution in [3.8, 4) is 11.1 Å². The molecule has 0 unspecified atom stereocenters. The van der Waals surface area contributed by atoms with Crippen molar-refractivity contribution < 1.29 is 0 Å². The number of hydrogen-bond donors (Lipinski definition) is 0. The predicted molar refractivity (Wildman–Crippen MR) is 111 cm³/mol. The number of pyridine rings is 1. The normalized spacial score (nSPS) is 11.8. The monoisotopic (exact) mass is 329 g/mol. The Morgan fingerprint density at radius 1 is 0.462 bits per heavy atom. The van der Waals surface area contributed by atoms with Crippen LogP contribution >= 0.6 is 0 Å². The molecule has 120 valence electrons. The van der Waals surface area contributed by atoms with Gasteiger partial charge < -0.3 is 0 Å². The second-order valence-electron chi connectivity index (χ2n) is 6.82. The third kappa shape index (κ3) is 1.72. The maximum Gasteiger partial charge on any atom is 0.0786 e. The molecule has 26 heavy (non-hydrogen) atoms. The van der Waals surface area contributed by atoms with E-state index >= 15 is 0 Å². The fraction of sp³-hybridized carbons (Fsp3) is 0. The van der Waals surface area contributed by atoms with Crippen LogP contribution in [0.15, 0.2) is 91.1 Å². The summed E-state index contributed by atoms with van der Waals surface area (Å²) in [6.07, 6.45) is 1.89. The van der Waals surface area contributed by atoms with Gasteiger partial charge in [0.05, 0.1) is 5.52 Å². The minimum atomic E-state index is 1.08. The van der Waals surface area contributed by atoms with E-state index in [2.05, 4.69) is 78.9 Å². The second kappa shape index (κ2) is 5.03. The Morgan fingerprint density at radius 2 is 1.15 bits per heavy atom. The first-order chi connectivity index (χ1) is 12.9. The van der Waals surface area contributed by atoms with Gasteiger partial charge in [0.25, 0.3) is 0 Å². The molecule has 0 fully saturated rings. The van der Waals surface area contributed by atoms with Crippen LogP contribution in [0.2, 0.25) is 0 Å². The molecule has 3 aromatic carbocycles. The SMILES string of the molecule is c1cc2cccc3c(ccc4c5ncccc5c5ccccc5c34)c-2c1. The van der Waals surface area contributed by atoms with E-state index in [1.54, 1.807) is 0 Å². The van der Waals surface area contributed by atoms with Crippen LogP contribution in [-0.2, 0) is 0 Å². The summed E-state index contributed by atoms with van der Waals surface area (Å²) in [6, 6.07) is 30.5. The molecule has 2 aliphatic rings. The lowest BCUT2D eigenvalue weighted by Gasteiger charge is -2.12. The van der Waals surface area contributed by atoms with Gasteiger partial charge >= 0.3 is 0 Å². The van der Waals surface area contributed by atoms with Gasteiger partial charge in [-0.1, -0.05) is 78.9 Å². The highest BCUT2D eigenvalue weighted by molar-refractivity contribution is 6.31. The zero-order valence-corrected chi connectivity index (χ0v) is 14.1. The van der Waals surface area contributed by atoms with Crippen LogP contribution in [0.3, 0.4) is 0 Å². The highest BCUT2D eigenvalue weighted by Crippen LogP contribution is 2.40. The van der Waals surface area contributed by atoms with Crippen LogP contribution in [-0.4, -0.2) is 4.98 Å². The molecule has 0 radical (unpaired) electrons. The molecule has 4 aromatic rings. The smallest absolute Gasteiger partial charge is 0.0786 e. The predicted octanol–water partition coefficient (Wildman–Crippen LogP) is 6.80. The Hall–Kier alpha value is -3.45. The van der Waals surface area contributed by atoms with Crippen molar-refractivity contribution in [2.45, 2.75) is 0 Å². The summed E-state index contributed by atoms with van der Waals surface area (Å²) in [7, 11) is 0. The van der Waals surface area contributed by atoms with Crippen LogP contribution in [0.25, 0.3) is 54.3 Å². The van der Waals surface area contributed by atoms with Gasteiger partial charge in [-0.2, -0.15) is 0 Å². The molecule has 0 aliphatic heterocycles. The van der Waals surface area contributed by atoms with Crippen molar-refractivity contribution in [2.24, 2.45) is 0 Å². The molecule has 1 aromatic heterocycles.